The molecule has 1 heterocycles. The number of ether oxygens (including phenoxy) is 1. The maximum absolute atomic E-state index is 11.8. The van der Waals surface area contributed by atoms with E-state index in [-0.39, 0.29) is 17.8 Å². The summed E-state index contributed by atoms with van der Waals surface area (Å²) in [6, 6.07) is 7.63. The van der Waals surface area contributed by atoms with Gasteiger partial charge in [0.15, 0.2) is 0 Å². The molecule has 1 atom stereocenters. The van der Waals surface area contributed by atoms with Crippen molar-refractivity contribution in [1.29, 1.82) is 0 Å². The minimum atomic E-state index is -0.0132. The van der Waals surface area contributed by atoms with E-state index < -0.39 is 0 Å². The van der Waals surface area contributed by atoms with Gasteiger partial charge in [-0.1, -0.05) is 6.07 Å². The third-order valence-corrected chi connectivity index (χ3v) is 3.94. The number of ketones is 1. The number of Topliss-reactive ketones (excluding diaryl/α,β-unsaturated/α-hetero) is 1. The molecular weight excluding hydrogens is 254 g/mol. The zero-order valence-electron chi connectivity index (χ0n) is 11.5. The number of carbonyl (C=O) groups is 2. The molecule has 1 amide bonds. The number of rotatable bonds is 3. The van der Waals surface area contributed by atoms with Crippen LogP contribution in [0.3, 0.4) is 0 Å². The minimum absolute atomic E-state index is 0.0132. The number of hydrogen-bond donors (Lipinski definition) is 0. The van der Waals surface area contributed by atoms with Crippen molar-refractivity contribution >= 4 is 17.4 Å². The molecule has 2 aliphatic rings. The molecule has 0 radical (unpaired) electrons. The van der Waals surface area contributed by atoms with E-state index in [4.69, 9.17) is 4.74 Å². The molecule has 0 N–H and O–H groups in total. The monoisotopic (exact) mass is 273 g/mol. The molecule has 1 aromatic carbocycles. The van der Waals surface area contributed by atoms with Crippen molar-refractivity contribution < 1.29 is 14.3 Å². The summed E-state index contributed by atoms with van der Waals surface area (Å²) in [6.07, 6.45) is 4.56. The molecule has 1 saturated heterocycles. The van der Waals surface area contributed by atoms with Gasteiger partial charge >= 0.3 is 0 Å². The van der Waals surface area contributed by atoms with Gasteiger partial charge in [0.1, 0.15) is 17.6 Å². The third-order valence-electron chi connectivity index (χ3n) is 3.94. The summed E-state index contributed by atoms with van der Waals surface area (Å²) in [6.45, 7) is 0.782. The Bertz CT molecular complexity index is 526. The van der Waals surface area contributed by atoms with Crippen molar-refractivity contribution in [3.63, 3.8) is 0 Å². The van der Waals surface area contributed by atoms with Crippen LogP contribution in [0.5, 0.6) is 5.75 Å². The summed E-state index contributed by atoms with van der Waals surface area (Å²) >= 11 is 0. The van der Waals surface area contributed by atoms with Gasteiger partial charge in [0.25, 0.3) is 0 Å². The molecule has 4 heteroatoms. The Balaban J connectivity index is 1.71. The molecule has 1 unspecified atom stereocenters. The minimum Gasteiger partial charge on any atom is -0.490 e. The van der Waals surface area contributed by atoms with Crippen molar-refractivity contribution in [2.45, 2.75) is 44.6 Å². The van der Waals surface area contributed by atoms with Gasteiger partial charge in [0, 0.05) is 37.6 Å². The molecule has 2 fully saturated rings. The second kappa shape index (κ2) is 5.65. The lowest BCUT2D eigenvalue weighted by Crippen LogP contribution is -2.26. The lowest BCUT2D eigenvalue weighted by atomic mass is 9.96. The van der Waals surface area contributed by atoms with Gasteiger partial charge in [-0.2, -0.15) is 0 Å². The number of hydrogen-bond acceptors (Lipinski definition) is 3. The third kappa shape index (κ3) is 2.84. The summed E-state index contributed by atoms with van der Waals surface area (Å²) < 4.78 is 5.90. The Kier molecular flexibility index (Phi) is 3.72. The predicted octanol–water partition coefficient (Wildman–Crippen LogP) is 2.70. The molecule has 0 bridgehead atoms. The Morgan fingerprint density at radius 1 is 1.15 bits per heavy atom. The quantitative estimate of drug-likeness (QED) is 0.850. The average Bonchev–Trinajstić information content (AvgIpc) is 2.85. The van der Waals surface area contributed by atoms with E-state index in [0.717, 1.165) is 37.2 Å². The molecule has 0 spiro atoms. The van der Waals surface area contributed by atoms with E-state index in [1.54, 1.807) is 4.90 Å². The van der Waals surface area contributed by atoms with E-state index in [2.05, 4.69) is 0 Å². The Morgan fingerprint density at radius 3 is 2.80 bits per heavy atom. The number of carbonyl (C=O) groups excluding carboxylic acids is 2. The number of amides is 1. The predicted molar refractivity (Wildman–Crippen MR) is 75.9 cm³/mol. The van der Waals surface area contributed by atoms with Crippen LogP contribution < -0.4 is 9.64 Å². The van der Waals surface area contributed by atoms with E-state index in [1.165, 1.54) is 0 Å². The first-order valence-electron chi connectivity index (χ1n) is 7.31. The first-order chi connectivity index (χ1) is 9.72. The molecule has 1 aliphatic carbocycles. The standard InChI is InChI=1S/C16H19NO3/c18-13-5-2-7-15(11-13)20-14-6-1-4-12(10-14)17-9-3-8-16(17)19/h1,4,6,10,15H,2-3,5,7-9,11H2. The first-order valence-corrected chi connectivity index (χ1v) is 7.31. The molecule has 0 aromatic heterocycles. The van der Waals surface area contributed by atoms with Gasteiger partial charge in [0.05, 0.1) is 0 Å². The van der Waals surface area contributed by atoms with Gasteiger partial charge in [-0.15, -0.1) is 0 Å². The zero-order valence-corrected chi connectivity index (χ0v) is 11.5. The highest BCUT2D eigenvalue weighted by Gasteiger charge is 2.23. The van der Waals surface area contributed by atoms with Crippen molar-refractivity contribution in [2.75, 3.05) is 11.4 Å². The van der Waals surface area contributed by atoms with Gasteiger partial charge < -0.3 is 9.64 Å². The molecule has 3 rings (SSSR count). The van der Waals surface area contributed by atoms with Crippen molar-refractivity contribution in [3.05, 3.63) is 24.3 Å². The highest BCUT2D eigenvalue weighted by molar-refractivity contribution is 5.95. The van der Waals surface area contributed by atoms with Crippen LogP contribution in [0.2, 0.25) is 0 Å². The van der Waals surface area contributed by atoms with E-state index in [0.29, 0.717) is 19.3 Å². The van der Waals surface area contributed by atoms with Crippen LogP contribution >= 0.6 is 0 Å². The summed E-state index contributed by atoms with van der Waals surface area (Å²) in [5.41, 5.74) is 0.895. The second-order valence-electron chi connectivity index (χ2n) is 5.52. The highest BCUT2D eigenvalue weighted by Crippen LogP contribution is 2.27. The normalized spacial score (nSPS) is 23.2. The second-order valence-corrected chi connectivity index (χ2v) is 5.52. The molecule has 1 saturated carbocycles. The topological polar surface area (TPSA) is 46.6 Å². The fraction of sp³-hybridized carbons (Fsp3) is 0.500. The SMILES string of the molecule is O=C1CCCC(Oc2cccc(N3CCCC3=O)c2)C1. The van der Waals surface area contributed by atoms with E-state index in [1.807, 2.05) is 24.3 Å². The van der Waals surface area contributed by atoms with Crippen LogP contribution in [0.4, 0.5) is 5.69 Å². The molecular formula is C16H19NO3. The van der Waals surface area contributed by atoms with E-state index >= 15 is 0 Å². The summed E-state index contributed by atoms with van der Waals surface area (Å²) in [7, 11) is 0. The summed E-state index contributed by atoms with van der Waals surface area (Å²) in [5, 5.41) is 0. The molecule has 106 valence electrons. The van der Waals surface area contributed by atoms with Crippen LogP contribution in [-0.2, 0) is 9.59 Å². The number of nitrogens with zero attached hydrogens (tertiary/aromatic N) is 1. The molecule has 1 aliphatic heterocycles. The summed E-state index contributed by atoms with van der Waals surface area (Å²) in [5.74, 6) is 1.21. The molecule has 20 heavy (non-hydrogen) atoms. The average molecular weight is 273 g/mol. The zero-order chi connectivity index (χ0) is 13.9. The molecule has 4 nitrogen and oxygen atoms in total. The maximum Gasteiger partial charge on any atom is 0.227 e. The van der Waals surface area contributed by atoms with Crippen molar-refractivity contribution in [3.8, 4) is 5.75 Å². The Hall–Kier alpha value is -1.84. The Morgan fingerprint density at radius 2 is 2.05 bits per heavy atom. The highest BCUT2D eigenvalue weighted by atomic mass is 16.5. The number of anilines is 1. The largest absolute Gasteiger partial charge is 0.490 e. The van der Waals surface area contributed by atoms with E-state index in [9.17, 15) is 9.59 Å². The van der Waals surface area contributed by atoms with Gasteiger partial charge in [-0.25, -0.2) is 0 Å². The van der Waals surface area contributed by atoms with Crippen molar-refractivity contribution in [2.24, 2.45) is 0 Å². The van der Waals surface area contributed by atoms with Crippen LogP contribution in [0.15, 0.2) is 24.3 Å². The fourth-order valence-electron chi connectivity index (χ4n) is 2.92. The van der Waals surface area contributed by atoms with Crippen molar-refractivity contribution in [1.82, 2.24) is 0 Å². The lowest BCUT2D eigenvalue weighted by molar-refractivity contribution is -0.122. The van der Waals surface area contributed by atoms with Crippen LogP contribution in [0, 0.1) is 0 Å². The van der Waals surface area contributed by atoms with Gasteiger partial charge in [-0.3, -0.25) is 9.59 Å². The van der Waals surface area contributed by atoms with Gasteiger partial charge in [-0.05, 0) is 31.4 Å². The lowest BCUT2D eigenvalue weighted by Gasteiger charge is -2.23. The smallest absolute Gasteiger partial charge is 0.227 e. The first kappa shape index (κ1) is 13.2. The summed E-state index contributed by atoms with van der Waals surface area (Å²) in [4.78, 5) is 25.0. The van der Waals surface area contributed by atoms with Crippen LogP contribution in [-0.4, -0.2) is 24.3 Å². The number of benzene rings is 1. The maximum atomic E-state index is 11.8. The van der Waals surface area contributed by atoms with Crippen LogP contribution in [0.25, 0.3) is 0 Å². The van der Waals surface area contributed by atoms with Gasteiger partial charge in [0.2, 0.25) is 5.91 Å². The van der Waals surface area contributed by atoms with Crippen LogP contribution in [0.1, 0.15) is 38.5 Å². The Labute approximate surface area is 118 Å². The fourth-order valence-corrected chi connectivity index (χ4v) is 2.92. The molecule has 1 aromatic rings.